The number of hydrogen-bond donors (Lipinski definition) is 1. The van der Waals surface area contributed by atoms with Gasteiger partial charge in [0, 0.05) is 10.3 Å². The van der Waals surface area contributed by atoms with Gasteiger partial charge in [-0.05, 0) is 49.2 Å². The third kappa shape index (κ3) is 3.09. The summed E-state index contributed by atoms with van der Waals surface area (Å²) in [7, 11) is 0. The van der Waals surface area contributed by atoms with Crippen molar-refractivity contribution in [1.29, 1.82) is 0 Å². The Morgan fingerprint density at radius 3 is 2.25 bits per heavy atom. The van der Waals surface area contributed by atoms with Crippen LogP contribution < -0.4 is 10.0 Å². The summed E-state index contributed by atoms with van der Waals surface area (Å²) < 4.78 is 2.01. The zero-order valence-corrected chi connectivity index (χ0v) is 11.3. The van der Waals surface area contributed by atoms with E-state index in [4.69, 9.17) is 17.3 Å². The fourth-order valence-corrected chi connectivity index (χ4v) is 2.44. The second-order valence-corrected chi connectivity index (χ2v) is 4.93. The highest BCUT2D eigenvalue weighted by atomic mass is 35.5. The largest absolute Gasteiger partial charge is 0.385 e. The number of halogens is 1. The molecule has 0 aromatic heterocycles. The molecule has 16 heavy (non-hydrogen) atoms. The summed E-state index contributed by atoms with van der Waals surface area (Å²) in [4.78, 5) is 0. The number of benzene rings is 1. The SMILES string of the molecule is CC.CC1C=C(N)N(c2ccc(Cl)cc2)S1. The number of anilines is 1. The standard InChI is InChI=1S/C10H11ClN2S.C2H6/c1-7-6-10(12)13(14-7)9-4-2-8(11)3-5-9;1-2/h2-7H,12H2,1H3;1-2H3. The van der Waals surface area contributed by atoms with Gasteiger partial charge in [-0.3, -0.25) is 4.31 Å². The van der Waals surface area contributed by atoms with Crippen molar-refractivity contribution in [2.45, 2.75) is 26.0 Å². The fraction of sp³-hybridized carbons (Fsp3) is 0.333. The molecule has 1 unspecified atom stereocenters. The molecule has 1 aromatic carbocycles. The average molecular weight is 257 g/mol. The molecule has 1 aromatic rings. The zero-order valence-electron chi connectivity index (χ0n) is 9.77. The van der Waals surface area contributed by atoms with E-state index in [9.17, 15) is 0 Å². The van der Waals surface area contributed by atoms with E-state index >= 15 is 0 Å². The molecule has 88 valence electrons. The lowest BCUT2D eigenvalue weighted by atomic mass is 10.3. The van der Waals surface area contributed by atoms with Crippen molar-refractivity contribution in [1.82, 2.24) is 0 Å². The predicted molar refractivity (Wildman–Crippen MR) is 74.6 cm³/mol. The average Bonchev–Trinajstić information content (AvgIpc) is 2.62. The van der Waals surface area contributed by atoms with Crippen LogP contribution in [-0.4, -0.2) is 5.25 Å². The van der Waals surface area contributed by atoms with Gasteiger partial charge in [-0.1, -0.05) is 25.4 Å². The van der Waals surface area contributed by atoms with E-state index in [0.29, 0.717) is 5.25 Å². The van der Waals surface area contributed by atoms with Gasteiger partial charge in [0.2, 0.25) is 0 Å². The minimum Gasteiger partial charge on any atom is -0.385 e. The molecule has 0 spiro atoms. The highest BCUT2D eigenvalue weighted by molar-refractivity contribution is 8.01. The Balaban J connectivity index is 0.000000606. The van der Waals surface area contributed by atoms with Crippen molar-refractivity contribution in [3.8, 4) is 0 Å². The molecule has 2 nitrogen and oxygen atoms in total. The van der Waals surface area contributed by atoms with Crippen LogP contribution in [0.25, 0.3) is 0 Å². The number of nitrogens with two attached hydrogens (primary N) is 1. The first-order valence-corrected chi connectivity index (χ1v) is 6.58. The van der Waals surface area contributed by atoms with Gasteiger partial charge in [-0.25, -0.2) is 0 Å². The van der Waals surface area contributed by atoms with Gasteiger partial charge in [0.25, 0.3) is 0 Å². The molecule has 1 heterocycles. The fourth-order valence-electron chi connectivity index (χ4n) is 1.35. The Morgan fingerprint density at radius 1 is 1.25 bits per heavy atom. The first kappa shape index (κ1) is 13.3. The zero-order chi connectivity index (χ0) is 12.1. The van der Waals surface area contributed by atoms with Crippen molar-refractivity contribution in [3.63, 3.8) is 0 Å². The summed E-state index contributed by atoms with van der Waals surface area (Å²) in [6, 6.07) is 7.67. The Morgan fingerprint density at radius 2 is 1.81 bits per heavy atom. The van der Waals surface area contributed by atoms with Gasteiger partial charge in [0.05, 0.1) is 5.69 Å². The third-order valence-corrected chi connectivity index (χ3v) is 3.33. The van der Waals surface area contributed by atoms with Crippen molar-refractivity contribution in [2.24, 2.45) is 5.73 Å². The molecule has 0 saturated heterocycles. The Bertz CT molecular complexity index is 362. The second kappa shape index (κ2) is 6.06. The van der Waals surface area contributed by atoms with Crippen LogP contribution in [0.3, 0.4) is 0 Å². The minimum atomic E-state index is 0.436. The van der Waals surface area contributed by atoms with E-state index in [0.717, 1.165) is 16.5 Å². The van der Waals surface area contributed by atoms with Crippen LogP contribution in [0, 0.1) is 0 Å². The topological polar surface area (TPSA) is 29.3 Å². The Kier molecular flexibility index (Phi) is 5.03. The molecule has 1 aliphatic heterocycles. The number of rotatable bonds is 1. The molecular weight excluding hydrogens is 240 g/mol. The molecule has 0 fully saturated rings. The summed E-state index contributed by atoms with van der Waals surface area (Å²) in [6.07, 6.45) is 2.04. The maximum Gasteiger partial charge on any atom is 0.111 e. The van der Waals surface area contributed by atoms with Crippen LogP contribution in [0.15, 0.2) is 36.2 Å². The summed E-state index contributed by atoms with van der Waals surface area (Å²) in [5, 5.41) is 1.18. The molecular formula is C12H17ClN2S. The Labute approximate surface area is 107 Å². The number of hydrogen-bond acceptors (Lipinski definition) is 3. The van der Waals surface area contributed by atoms with Crippen LogP contribution in [0.5, 0.6) is 0 Å². The van der Waals surface area contributed by atoms with Gasteiger partial charge >= 0.3 is 0 Å². The van der Waals surface area contributed by atoms with Gasteiger partial charge < -0.3 is 5.73 Å². The van der Waals surface area contributed by atoms with Crippen molar-refractivity contribution >= 4 is 29.2 Å². The maximum atomic E-state index is 5.87. The molecule has 2 rings (SSSR count). The molecule has 0 aliphatic carbocycles. The lowest BCUT2D eigenvalue weighted by Crippen LogP contribution is -2.16. The van der Waals surface area contributed by atoms with Crippen molar-refractivity contribution in [3.05, 3.63) is 41.2 Å². The molecule has 2 N–H and O–H groups in total. The second-order valence-electron chi connectivity index (χ2n) is 3.17. The minimum absolute atomic E-state index is 0.436. The molecule has 0 radical (unpaired) electrons. The normalized spacial score (nSPS) is 18.9. The van der Waals surface area contributed by atoms with Crippen LogP contribution in [0.4, 0.5) is 5.69 Å². The highest BCUT2D eigenvalue weighted by Gasteiger charge is 2.20. The van der Waals surface area contributed by atoms with Crippen LogP contribution >= 0.6 is 23.5 Å². The first-order chi connectivity index (χ1) is 7.66. The maximum absolute atomic E-state index is 5.87. The van der Waals surface area contributed by atoms with E-state index in [1.165, 1.54) is 0 Å². The van der Waals surface area contributed by atoms with E-state index in [1.807, 2.05) is 48.5 Å². The van der Waals surface area contributed by atoms with Gasteiger partial charge in [-0.2, -0.15) is 0 Å². The van der Waals surface area contributed by atoms with E-state index in [1.54, 1.807) is 11.9 Å². The quantitative estimate of drug-likeness (QED) is 0.770. The third-order valence-electron chi connectivity index (χ3n) is 1.97. The van der Waals surface area contributed by atoms with Gasteiger partial charge in [0.15, 0.2) is 0 Å². The summed E-state index contributed by atoms with van der Waals surface area (Å²) >= 11 is 7.52. The molecule has 4 heteroatoms. The molecule has 0 bridgehead atoms. The smallest absolute Gasteiger partial charge is 0.111 e. The summed E-state index contributed by atoms with van der Waals surface area (Å²) in [5.41, 5.74) is 6.94. The summed E-state index contributed by atoms with van der Waals surface area (Å²) in [6.45, 7) is 6.12. The highest BCUT2D eigenvalue weighted by Crippen LogP contribution is 2.34. The molecule has 0 saturated carbocycles. The monoisotopic (exact) mass is 256 g/mol. The lowest BCUT2D eigenvalue weighted by Gasteiger charge is -2.18. The summed E-state index contributed by atoms with van der Waals surface area (Å²) in [5.74, 6) is 0.796. The molecule has 1 atom stereocenters. The van der Waals surface area contributed by atoms with Crippen LogP contribution in [0.1, 0.15) is 20.8 Å². The predicted octanol–water partition coefficient (Wildman–Crippen LogP) is 4.02. The van der Waals surface area contributed by atoms with E-state index in [-0.39, 0.29) is 0 Å². The molecule has 1 aliphatic rings. The van der Waals surface area contributed by atoms with E-state index in [2.05, 4.69) is 6.92 Å². The van der Waals surface area contributed by atoms with E-state index < -0.39 is 0 Å². The van der Waals surface area contributed by atoms with Crippen molar-refractivity contribution < 1.29 is 0 Å². The van der Waals surface area contributed by atoms with Crippen LogP contribution in [-0.2, 0) is 0 Å². The number of nitrogens with zero attached hydrogens (tertiary/aromatic N) is 1. The van der Waals surface area contributed by atoms with Crippen molar-refractivity contribution in [2.75, 3.05) is 4.31 Å². The van der Waals surface area contributed by atoms with Gasteiger partial charge in [-0.15, -0.1) is 0 Å². The van der Waals surface area contributed by atoms with Gasteiger partial charge in [0.1, 0.15) is 5.82 Å². The first-order valence-electron chi connectivity index (χ1n) is 5.36. The molecule has 0 amide bonds. The van der Waals surface area contributed by atoms with Crippen LogP contribution in [0.2, 0.25) is 5.02 Å². The lowest BCUT2D eigenvalue weighted by molar-refractivity contribution is 1.20. The Hall–Kier alpha value is -0.800.